The van der Waals surface area contributed by atoms with Gasteiger partial charge in [-0.25, -0.2) is 0 Å². The summed E-state index contributed by atoms with van der Waals surface area (Å²) in [5.74, 6) is 1.10. The van der Waals surface area contributed by atoms with Gasteiger partial charge in [0.15, 0.2) is 5.82 Å². The SMILES string of the molecule is NC1(c2noc(/C=C/c3ccccc3Br)n2)CCC1. The molecule has 1 aromatic heterocycles. The van der Waals surface area contributed by atoms with Crippen LogP contribution in [0.4, 0.5) is 0 Å². The van der Waals surface area contributed by atoms with Crippen molar-refractivity contribution in [1.29, 1.82) is 0 Å². The number of rotatable bonds is 3. The molecule has 2 N–H and O–H groups in total. The van der Waals surface area contributed by atoms with Gasteiger partial charge in [0.1, 0.15) is 0 Å². The molecule has 1 fully saturated rings. The summed E-state index contributed by atoms with van der Waals surface area (Å²) in [6.45, 7) is 0. The van der Waals surface area contributed by atoms with Crippen LogP contribution in [-0.4, -0.2) is 10.1 Å². The molecule has 0 spiro atoms. The van der Waals surface area contributed by atoms with Gasteiger partial charge in [0.05, 0.1) is 5.54 Å². The molecule has 0 atom stereocenters. The Bertz CT molecular complexity index is 617. The van der Waals surface area contributed by atoms with Crippen molar-refractivity contribution in [3.8, 4) is 0 Å². The Kier molecular flexibility index (Phi) is 3.24. The van der Waals surface area contributed by atoms with Gasteiger partial charge >= 0.3 is 0 Å². The highest BCUT2D eigenvalue weighted by molar-refractivity contribution is 9.10. The molecule has 0 unspecified atom stereocenters. The van der Waals surface area contributed by atoms with Gasteiger partial charge in [-0.05, 0) is 37.0 Å². The number of halogens is 1. The summed E-state index contributed by atoms with van der Waals surface area (Å²) >= 11 is 3.49. The Morgan fingerprint density at radius 2 is 2.05 bits per heavy atom. The minimum absolute atomic E-state index is 0.372. The predicted molar refractivity (Wildman–Crippen MR) is 77.1 cm³/mol. The quantitative estimate of drug-likeness (QED) is 0.942. The molecule has 0 aliphatic heterocycles. The van der Waals surface area contributed by atoms with Crippen LogP contribution in [0.2, 0.25) is 0 Å². The number of aromatic nitrogens is 2. The average molecular weight is 320 g/mol. The second kappa shape index (κ2) is 4.90. The fraction of sp³-hybridized carbons (Fsp3) is 0.286. The monoisotopic (exact) mass is 319 g/mol. The summed E-state index contributed by atoms with van der Waals surface area (Å²) in [4.78, 5) is 4.34. The number of nitrogens with two attached hydrogens (primary N) is 1. The molecule has 0 bridgehead atoms. The molecular formula is C14H14BrN3O. The van der Waals surface area contributed by atoms with Crippen molar-refractivity contribution in [3.05, 3.63) is 46.0 Å². The minimum atomic E-state index is -0.372. The van der Waals surface area contributed by atoms with Crippen LogP contribution in [0.25, 0.3) is 12.2 Å². The summed E-state index contributed by atoms with van der Waals surface area (Å²) in [5.41, 5.74) is 6.84. The second-order valence-electron chi connectivity index (χ2n) is 4.82. The highest BCUT2D eigenvalue weighted by Crippen LogP contribution is 2.36. The molecule has 1 aliphatic carbocycles. The predicted octanol–water partition coefficient (Wildman–Crippen LogP) is 3.34. The first-order chi connectivity index (χ1) is 9.17. The average Bonchev–Trinajstić information content (AvgIpc) is 2.84. The molecule has 0 amide bonds. The van der Waals surface area contributed by atoms with E-state index in [4.69, 9.17) is 10.3 Å². The molecule has 2 aromatic rings. The third-order valence-corrected chi connectivity index (χ3v) is 4.17. The topological polar surface area (TPSA) is 64.9 Å². The zero-order valence-corrected chi connectivity index (χ0v) is 11.9. The summed E-state index contributed by atoms with van der Waals surface area (Å²) in [6.07, 6.45) is 6.73. The molecule has 1 aromatic carbocycles. The zero-order chi connectivity index (χ0) is 13.3. The van der Waals surface area contributed by atoms with Crippen molar-refractivity contribution in [2.75, 3.05) is 0 Å². The van der Waals surface area contributed by atoms with Crippen molar-refractivity contribution in [3.63, 3.8) is 0 Å². The van der Waals surface area contributed by atoms with Crippen molar-refractivity contribution in [2.24, 2.45) is 5.73 Å². The third-order valence-electron chi connectivity index (χ3n) is 3.44. The summed E-state index contributed by atoms with van der Waals surface area (Å²) in [6, 6.07) is 7.95. The van der Waals surface area contributed by atoms with Crippen LogP contribution in [-0.2, 0) is 5.54 Å². The highest BCUT2D eigenvalue weighted by Gasteiger charge is 2.38. The van der Waals surface area contributed by atoms with E-state index in [2.05, 4.69) is 26.1 Å². The smallest absolute Gasteiger partial charge is 0.250 e. The standard InChI is InChI=1S/C14H14BrN3O/c15-11-5-2-1-4-10(11)6-7-12-17-13(18-19-12)14(16)8-3-9-14/h1-2,4-7H,3,8-9,16H2/b7-6+. The first-order valence-electron chi connectivity index (χ1n) is 6.23. The lowest BCUT2D eigenvalue weighted by atomic mass is 9.77. The lowest BCUT2D eigenvalue weighted by Gasteiger charge is -2.34. The molecule has 1 saturated carbocycles. The van der Waals surface area contributed by atoms with E-state index in [1.54, 1.807) is 6.08 Å². The van der Waals surface area contributed by atoms with E-state index in [0.29, 0.717) is 11.7 Å². The van der Waals surface area contributed by atoms with Crippen LogP contribution in [0.1, 0.15) is 36.5 Å². The normalized spacial score (nSPS) is 17.6. The van der Waals surface area contributed by atoms with Crippen LogP contribution in [0.3, 0.4) is 0 Å². The third kappa shape index (κ3) is 2.48. The molecule has 0 radical (unpaired) electrons. The molecule has 19 heavy (non-hydrogen) atoms. The van der Waals surface area contributed by atoms with E-state index in [-0.39, 0.29) is 5.54 Å². The second-order valence-corrected chi connectivity index (χ2v) is 5.68. The fourth-order valence-electron chi connectivity index (χ4n) is 2.06. The number of hydrogen-bond donors (Lipinski definition) is 1. The van der Waals surface area contributed by atoms with Gasteiger partial charge in [-0.2, -0.15) is 4.98 Å². The van der Waals surface area contributed by atoms with Gasteiger partial charge in [-0.1, -0.05) is 39.3 Å². The van der Waals surface area contributed by atoms with Gasteiger partial charge in [0.25, 0.3) is 5.89 Å². The molecule has 0 saturated heterocycles. The molecule has 4 nitrogen and oxygen atoms in total. The maximum Gasteiger partial charge on any atom is 0.250 e. The molecular weight excluding hydrogens is 306 g/mol. The van der Waals surface area contributed by atoms with E-state index < -0.39 is 0 Å². The Labute approximate surface area is 119 Å². The van der Waals surface area contributed by atoms with E-state index in [0.717, 1.165) is 29.3 Å². The molecule has 1 heterocycles. The number of nitrogens with zero attached hydrogens (tertiary/aromatic N) is 2. The van der Waals surface area contributed by atoms with E-state index in [9.17, 15) is 0 Å². The Morgan fingerprint density at radius 1 is 1.26 bits per heavy atom. The Balaban J connectivity index is 1.79. The van der Waals surface area contributed by atoms with Gasteiger partial charge in [0, 0.05) is 10.5 Å². The van der Waals surface area contributed by atoms with Crippen LogP contribution >= 0.6 is 15.9 Å². The van der Waals surface area contributed by atoms with Crippen LogP contribution in [0, 0.1) is 0 Å². The molecule has 5 heteroatoms. The van der Waals surface area contributed by atoms with Crippen LogP contribution in [0.15, 0.2) is 33.3 Å². The van der Waals surface area contributed by atoms with E-state index in [1.807, 2.05) is 30.3 Å². The van der Waals surface area contributed by atoms with Crippen molar-refractivity contribution in [1.82, 2.24) is 10.1 Å². The Morgan fingerprint density at radius 3 is 2.74 bits per heavy atom. The van der Waals surface area contributed by atoms with Crippen molar-refractivity contribution >= 4 is 28.1 Å². The van der Waals surface area contributed by atoms with Crippen LogP contribution < -0.4 is 5.73 Å². The molecule has 98 valence electrons. The summed E-state index contributed by atoms with van der Waals surface area (Å²) < 4.78 is 6.23. The van der Waals surface area contributed by atoms with Crippen molar-refractivity contribution in [2.45, 2.75) is 24.8 Å². The van der Waals surface area contributed by atoms with Gasteiger partial charge in [0.2, 0.25) is 0 Å². The number of hydrogen-bond acceptors (Lipinski definition) is 4. The number of benzene rings is 1. The summed E-state index contributed by atoms with van der Waals surface area (Å²) in [5, 5.41) is 3.97. The summed E-state index contributed by atoms with van der Waals surface area (Å²) in [7, 11) is 0. The minimum Gasteiger partial charge on any atom is -0.335 e. The lowest BCUT2D eigenvalue weighted by Crippen LogP contribution is -2.44. The van der Waals surface area contributed by atoms with E-state index >= 15 is 0 Å². The first kappa shape index (κ1) is 12.6. The molecule has 3 rings (SSSR count). The van der Waals surface area contributed by atoms with Gasteiger partial charge < -0.3 is 10.3 Å². The highest BCUT2D eigenvalue weighted by atomic mass is 79.9. The fourth-order valence-corrected chi connectivity index (χ4v) is 2.47. The Hall–Kier alpha value is -1.46. The molecule has 1 aliphatic rings. The first-order valence-corrected chi connectivity index (χ1v) is 7.02. The van der Waals surface area contributed by atoms with E-state index in [1.165, 1.54) is 0 Å². The largest absolute Gasteiger partial charge is 0.335 e. The zero-order valence-electron chi connectivity index (χ0n) is 10.3. The van der Waals surface area contributed by atoms with Crippen molar-refractivity contribution < 1.29 is 4.52 Å². The van der Waals surface area contributed by atoms with Gasteiger partial charge in [-0.3, -0.25) is 0 Å². The lowest BCUT2D eigenvalue weighted by molar-refractivity contribution is 0.229. The van der Waals surface area contributed by atoms with Crippen LogP contribution in [0.5, 0.6) is 0 Å². The maximum atomic E-state index is 6.15. The maximum absolute atomic E-state index is 6.15. The van der Waals surface area contributed by atoms with Gasteiger partial charge in [-0.15, -0.1) is 0 Å².